The van der Waals surface area contributed by atoms with Crippen LogP contribution in [0.5, 0.6) is 0 Å². The summed E-state index contributed by atoms with van der Waals surface area (Å²) in [5.74, 6) is 2.99. The molecule has 0 spiro atoms. The van der Waals surface area contributed by atoms with Crippen LogP contribution >= 0.6 is 47.5 Å². The zero-order valence-electron chi connectivity index (χ0n) is 12.0. The quantitative estimate of drug-likeness (QED) is 0.351. The summed E-state index contributed by atoms with van der Waals surface area (Å²) in [6.45, 7) is 4.82. The molecule has 0 aromatic heterocycles. The zero-order valence-corrected chi connectivity index (χ0v) is 15.9. The van der Waals surface area contributed by atoms with E-state index in [2.05, 4.69) is 41.3 Å². The molecule has 0 aliphatic carbocycles. The van der Waals surface area contributed by atoms with Crippen molar-refractivity contribution in [3.8, 4) is 0 Å². The number of halogens is 1. The van der Waals surface area contributed by atoms with Crippen LogP contribution in [-0.2, 0) is 6.54 Å². The Morgan fingerprint density at radius 2 is 2.10 bits per heavy atom. The maximum absolute atomic E-state index is 6.08. The van der Waals surface area contributed by atoms with E-state index in [4.69, 9.17) is 5.73 Å². The Labute approximate surface area is 147 Å². The highest BCUT2D eigenvalue weighted by Crippen LogP contribution is 2.22. The van der Waals surface area contributed by atoms with E-state index in [0.717, 1.165) is 24.6 Å². The van der Waals surface area contributed by atoms with Gasteiger partial charge in [-0.3, -0.25) is 0 Å². The van der Waals surface area contributed by atoms with Crippen LogP contribution in [0.15, 0.2) is 28.1 Å². The van der Waals surface area contributed by atoms with Crippen molar-refractivity contribution in [2.45, 2.75) is 18.4 Å². The van der Waals surface area contributed by atoms with Gasteiger partial charge < -0.3 is 10.6 Å². The third-order valence-electron chi connectivity index (χ3n) is 3.19. The van der Waals surface area contributed by atoms with Gasteiger partial charge in [-0.15, -0.1) is 35.7 Å². The first-order valence-corrected chi connectivity index (χ1v) is 8.85. The standard InChI is InChI=1S/C14H21N3S2.HI/c1-11-3-4-12(13(9-11)18-2)10-16-14(15)17-5-7-19-8-6-17;/h3-4,9H,5-8,10H2,1-2H3,(H2,15,16);1H. The minimum atomic E-state index is 0. The number of nitrogens with two attached hydrogens (primary N) is 1. The van der Waals surface area contributed by atoms with Crippen LogP contribution in [0, 0.1) is 6.92 Å². The van der Waals surface area contributed by atoms with Gasteiger partial charge in [0.15, 0.2) is 5.96 Å². The first-order valence-electron chi connectivity index (χ1n) is 6.47. The predicted octanol–water partition coefficient (Wildman–Crippen LogP) is 3.20. The first-order chi connectivity index (χ1) is 9.20. The molecule has 2 rings (SSSR count). The van der Waals surface area contributed by atoms with Crippen LogP contribution in [0.25, 0.3) is 0 Å². The number of guanidine groups is 1. The lowest BCUT2D eigenvalue weighted by molar-refractivity contribution is 0.455. The molecule has 3 nitrogen and oxygen atoms in total. The van der Waals surface area contributed by atoms with Crippen LogP contribution in [0.1, 0.15) is 11.1 Å². The molecule has 1 aliphatic heterocycles. The Kier molecular flexibility index (Phi) is 8.13. The van der Waals surface area contributed by atoms with E-state index in [1.807, 2.05) is 11.8 Å². The summed E-state index contributed by atoms with van der Waals surface area (Å²) in [7, 11) is 0. The SMILES string of the molecule is CSc1cc(C)ccc1CN=C(N)N1CCSCC1.I. The van der Waals surface area contributed by atoms with E-state index >= 15 is 0 Å². The van der Waals surface area contributed by atoms with Crippen molar-refractivity contribution >= 4 is 53.5 Å². The number of benzene rings is 1. The third kappa shape index (κ3) is 5.04. The van der Waals surface area contributed by atoms with E-state index < -0.39 is 0 Å². The van der Waals surface area contributed by atoms with Gasteiger partial charge >= 0.3 is 0 Å². The smallest absolute Gasteiger partial charge is 0.191 e. The number of nitrogens with zero attached hydrogens (tertiary/aromatic N) is 2. The summed E-state index contributed by atoms with van der Waals surface area (Å²) in [6.07, 6.45) is 2.10. The van der Waals surface area contributed by atoms with Crippen molar-refractivity contribution in [3.63, 3.8) is 0 Å². The van der Waals surface area contributed by atoms with Gasteiger partial charge in [-0.25, -0.2) is 4.99 Å². The fourth-order valence-electron chi connectivity index (χ4n) is 2.04. The Morgan fingerprint density at radius 3 is 2.75 bits per heavy atom. The molecule has 0 atom stereocenters. The van der Waals surface area contributed by atoms with Crippen molar-refractivity contribution in [1.29, 1.82) is 0 Å². The van der Waals surface area contributed by atoms with Crippen molar-refractivity contribution in [2.75, 3.05) is 30.9 Å². The highest BCUT2D eigenvalue weighted by molar-refractivity contribution is 14.0. The van der Waals surface area contributed by atoms with Crippen molar-refractivity contribution in [3.05, 3.63) is 29.3 Å². The largest absolute Gasteiger partial charge is 0.370 e. The first kappa shape index (κ1) is 18.0. The molecule has 1 aromatic carbocycles. The number of aryl methyl sites for hydroxylation is 1. The summed E-state index contributed by atoms with van der Waals surface area (Å²) in [5, 5.41) is 0. The maximum Gasteiger partial charge on any atom is 0.191 e. The Balaban J connectivity index is 0.00000200. The van der Waals surface area contributed by atoms with Gasteiger partial charge in [-0.05, 0) is 30.4 Å². The second kappa shape index (κ2) is 9.04. The number of aliphatic imine (C=N–C) groups is 1. The van der Waals surface area contributed by atoms with Crippen LogP contribution in [0.3, 0.4) is 0 Å². The molecular formula is C14H22IN3S2. The molecule has 1 aromatic rings. The fraction of sp³-hybridized carbons (Fsp3) is 0.500. The van der Waals surface area contributed by atoms with Gasteiger partial charge in [0.25, 0.3) is 0 Å². The number of thioether (sulfide) groups is 2. The number of rotatable bonds is 3. The molecule has 0 radical (unpaired) electrons. The van der Waals surface area contributed by atoms with Crippen LogP contribution in [-0.4, -0.2) is 41.7 Å². The Morgan fingerprint density at radius 1 is 1.40 bits per heavy atom. The molecule has 1 fully saturated rings. The van der Waals surface area contributed by atoms with E-state index in [9.17, 15) is 0 Å². The summed E-state index contributed by atoms with van der Waals surface area (Å²) >= 11 is 3.75. The van der Waals surface area contributed by atoms with Gasteiger partial charge in [0.1, 0.15) is 0 Å². The minimum absolute atomic E-state index is 0. The lowest BCUT2D eigenvalue weighted by atomic mass is 10.1. The number of hydrogen-bond donors (Lipinski definition) is 1. The highest BCUT2D eigenvalue weighted by Gasteiger charge is 2.12. The van der Waals surface area contributed by atoms with E-state index in [0.29, 0.717) is 12.5 Å². The maximum atomic E-state index is 6.08. The molecule has 20 heavy (non-hydrogen) atoms. The van der Waals surface area contributed by atoms with Gasteiger partial charge in [0.05, 0.1) is 6.54 Å². The average Bonchev–Trinajstić information content (AvgIpc) is 2.46. The Bertz CT molecular complexity index is 460. The normalized spacial score (nSPS) is 15.9. The van der Waals surface area contributed by atoms with Crippen LogP contribution in [0.2, 0.25) is 0 Å². The molecule has 0 amide bonds. The van der Waals surface area contributed by atoms with E-state index in [1.165, 1.54) is 16.0 Å². The van der Waals surface area contributed by atoms with E-state index in [1.54, 1.807) is 11.8 Å². The molecule has 2 N–H and O–H groups in total. The predicted molar refractivity (Wildman–Crippen MR) is 103 cm³/mol. The molecule has 1 aliphatic rings. The molecule has 1 saturated heterocycles. The minimum Gasteiger partial charge on any atom is -0.370 e. The zero-order chi connectivity index (χ0) is 13.7. The second-order valence-corrected chi connectivity index (χ2v) is 6.66. The lowest BCUT2D eigenvalue weighted by Crippen LogP contribution is -2.42. The summed E-state index contributed by atoms with van der Waals surface area (Å²) < 4.78 is 0. The van der Waals surface area contributed by atoms with E-state index in [-0.39, 0.29) is 24.0 Å². The van der Waals surface area contributed by atoms with Gasteiger partial charge in [0, 0.05) is 29.5 Å². The molecule has 1 heterocycles. The molecular weight excluding hydrogens is 401 g/mol. The molecule has 0 bridgehead atoms. The highest BCUT2D eigenvalue weighted by atomic mass is 127. The summed E-state index contributed by atoms with van der Waals surface area (Å²) in [5.41, 5.74) is 8.62. The molecule has 0 unspecified atom stereocenters. The average molecular weight is 423 g/mol. The summed E-state index contributed by atoms with van der Waals surface area (Å²) in [6, 6.07) is 6.51. The van der Waals surface area contributed by atoms with Gasteiger partial charge in [0.2, 0.25) is 0 Å². The number of hydrogen-bond acceptors (Lipinski definition) is 3. The van der Waals surface area contributed by atoms with Gasteiger partial charge in [-0.2, -0.15) is 11.8 Å². The van der Waals surface area contributed by atoms with Crippen LogP contribution in [0.4, 0.5) is 0 Å². The van der Waals surface area contributed by atoms with Gasteiger partial charge in [-0.1, -0.05) is 12.1 Å². The fourth-order valence-corrected chi connectivity index (χ4v) is 3.64. The third-order valence-corrected chi connectivity index (χ3v) is 4.95. The molecule has 112 valence electrons. The van der Waals surface area contributed by atoms with Crippen molar-refractivity contribution in [1.82, 2.24) is 4.90 Å². The van der Waals surface area contributed by atoms with Crippen molar-refractivity contribution in [2.24, 2.45) is 10.7 Å². The summed E-state index contributed by atoms with van der Waals surface area (Å²) in [4.78, 5) is 8.04. The monoisotopic (exact) mass is 423 g/mol. The molecule has 0 saturated carbocycles. The topological polar surface area (TPSA) is 41.6 Å². The lowest BCUT2D eigenvalue weighted by Gasteiger charge is -2.27. The van der Waals surface area contributed by atoms with Crippen LogP contribution < -0.4 is 5.73 Å². The second-order valence-electron chi connectivity index (χ2n) is 4.59. The molecule has 6 heteroatoms. The van der Waals surface area contributed by atoms with Crippen molar-refractivity contribution < 1.29 is 0 Å². The Hall–Kier alpha value is -0.0800.